The van der Waals surface area contributed by atoms with Crippen molar-refractivity contribution >= 4 is 107 Å². The third kappa shape index (κ3) is 3.93. The number of hydrogen-bond acceptors (Lipinski definition) is 2. The topological polar surface area (TPSA) is 9.86 Å². The Hall–Kier alpha value is -6.20. The third-order valence-corrected chi connectivity index (χ3v) is 13.3. The summed E-state index contributed by atoms with van der Waals surface area (Å²) in [6.07, 6.45) is 0. The second-order valence-electron chi connectivity index (χ2n) is 13.7. The molecule has 0 radical (unpaired) electrons. The van der Waals surface area contributed by atoms with E-state index in [1.54, 1.807) is 0 Å². The van der Waals surface area contributed by atoms with E-state index in [0.717, 1.165) is 11.4 Å². The van der Waals surface area contributed by atoms with Gasteiger partial charge in [-0.3, -0.25) is 0 Å². The van der Waals surface area contributed by atoms with E-state index in [1.165, 1.54) is 95.1 Å². The van der Waals surface area contributed by atoms with Gasteiger partial charge in [0.1, 0.15) is 0 Å². The summed E-state index contributed by atoms with van der Waals surface area (Å²) in [4.78, 5) is 0. The predicted molar refractivity (Wildman–Crippen MR) is 226 cm³/mol. The van der Waals surface area contributed by atoms with E-state index < -0.39 is 0 Å². The van der Waals surface area contributed by atoms with Crippen LogP contribution in [0.5, 0.6) is 0 Å². The molecule has 4 aromatic heterocycles. The van der Waals surface area contributed by atoms with Crippen molar-refractivity contribution in [3.05, 3.63) is 170 Å². The molecule has 242 valence electrons. The number of thiophene rings is 2. The Kier molecular flexibility index (Phi) is 5.84. The summed E-state index contributed by atoms with van der Waals surface area (Å²) in [6.45, 7) is 0. The standard InChI is InChI=1S/C48H28N2S2/c1-5-16-41-33(10-1)34-11-2-6-17-42(34)50(41)31-24-25-35-39-28-47-40(37-13-4-7-18-45(37)51-47)27-44(39)49(43(35)26-31)30-22-20-29(21-23-30)32-14-9-15-38-36-12-3-8-19-46(36)52-48(32)38/h1-28H. The average molecular weight is 697 g/mol. The van der Waals surface area contributed by atoms with Gasteiger partial charge in [-0.15, -0.1) is 22.7 Å². The molecule has 0 saturated heterocycles. The molecular formula is C48H28N2S2. The Morgan fingerprint density at radius 3 is 1.62 bits per heavy atom. The lowest BCUT2D eigenvalue weighted by Gasteiger charge is -2.12. The molecule has 0 amide bonds. The highest BCUT2D eigenvalue weighted by atomic mass is 32.1. The van der Waals surface area contributed by atoms with E-state index in [0.29, 0.717) is 0 Å². The molecule has 52 heavy (non-hydrogen) atoms. The second-order valence-corrected chi connectivity index (χ2v) is 15.8. The molecule has 0 spiro atoms. The Morgan fingerprint density at radius 1 is 0.308 bits per heavy atom. The second kappa shape index (κ2) is 10.7. The summed E-state index contributed by atoms with van der Waals surface area (Å²) in [7, 11) is 0. The van der Waals surface area contributed by atoms with Crippen LogP contribution in [0.15, 0.2) is 170 Å². The van der Waals surface area contributed by atoms with Crippen molar-refractivity contribution in [2.45, 2.75) is 0 Å². The van der Waals surface area contributed by atoms with Gasteiger partial charge in [-0.2, -0.15) is 0 Å². The fraction of sp³-hybridized carbons (Fsp3) is 0. The monoisotopic (exact) mass is 696 g/mol. The molecule has 0 bridgehead atoms. The van der Waals surface area contributed by atoms with E-state index in [1.807, 2.05) is 22.7 Å². The van der Waals surface area contributed by atoms with Gasteiger partial charge in [0.05, 0.1) is 22.1 Å². The first-order valence-electron chi connectivity index (χ1n) is 17.7. The summed E-state index contributed by atoms with van der Waals surface area (Å²) >= 11 is 3.77. The number of fused-ring (bicyclic) bond motifs is 12. The zero-order valence-electron chi connectivity index (χ0n) is 27.9. The highest BCUT2D eigenvalue weighted by Crippen LogP contribution is 2.43. The normalized spacial score (nSPS) is 12.2. The highest BCUT2D eigenvalue weighted by molar-refractivity contribution is 7.26. The molecule has 0 unspecified atom stereocenters. The van der Waals surface area contributed by atoms with Gasteiger partial charge in [-0.05, 0) is 71.8 Å². The minimum Gasteiger partial charge on any atom is -0.309 e. The number of benzene rings is 8. The van der Waals surface area contributed by atoms with Crippen molar-refractivity contribution in [3.63, 3.8) is 0 Å². The van der Waals surface area contributed by atoms with E-state index in [4.69, 9.17) is 0 Å². The van der Waals surface area contributed by atoms with Crippen molar-refractivity contribution in [1.82, 2.24) is 9.13 Å². The lowest BCUT2D eigenvalue weighted by Crippen LogP contribution is -1.97. The van der Waals surface area contributed by atoms with Crippen molar-refractivity contribution < 1.29 is 0 Å². The van der Waals surface area contributed by atoms with E-state index in [-0.39, 0.29) is 0 Å². The quantitative estimate of drug-likeness (QED) is 0.174. The van der Waals surface area contributed by atoms with Gasteiger partial charge in [-0.25, -0.2) is 0 Å². The molecule has 0 aliphatic carbocycles. The summed E-state index contributed by atoms with van der Waals surface area (Å²) in [5.41, 5.74) is 9.71. The lowest BCUT2D eigenvalue weighted by atomic mass is 10.0. The molecule has 0 N–H and O–H groups in total. The SMILES string of the molecule is c1ccc2c(c1)sc1cc3c4ccc(-n5c6ccccc6c6ccccc65)cc4n(-c4ccc(-c5cccc6c5sc5ccccc56)cc4)c3cc12. The Labute approximate surface area is 306 Å². The molecule has 2 nitrogen and oxygen atoms in total. The van der Waals surface area contributed by atoms with Gasteiger partial charge in [0.25, 0.3) is 0 Å². The van der Waals surface area contributed by atoms with Crippen LogP contribution in [0, 0.1) is 0 Å². The molecule has 0 saturated carbocycles. The van der Waals surface area contributed by atoms with Crippen LogP contribution in [0.4, 0.5) is 0 Å². The first-order valence-corrected chi connectivity index (χ1v) is 19.3. The molecule has 0 aliphatic rings. The molecule has 4 heteroatoms. The molecule has 4 heterocycles. The Bertz CT molecular complexity index is 3350. The van der Waals surface area contributed by atoms with Crippen LogP contribution in [0.3, 0.4) is 0 Å². The maximum absolute atomic E-state index is 2.48. The smallest absolute Gasteiger partial charge is 0.0561 e. The van der Waals surface area contributed by atoms with Gasteiger partial charge in [0, 0.05) is 73.3 Å². The van der Waals surface area contributed by atoms with Gasteiger partial charge in [0.2, 0.25) is 0 Å². The maximum Gasteiger partial charge on any atom is 0.0561 e. The molecule has 0 atom stereocenters. The minimum absolute atomic E-state index is 1.16. The summed E-state index contributed by atoms with van der Waals surface area (Å²) in [5, 5.41) is 10.4. The molecule has 12 rings (SSSR count). The van der Waals surface area contributed by atoms with E-state index >= 15 is 0 Å². The molecular weight excluding hydrogens is 669 g/mol. The van der Waals surface area contributed by atoms with Crippen molar-refractivity contribution in [2.24, 2.45) is 0 Å². The first-order chi connectivity index (χ1) is 25.8. The van der Waals surface area contributed by atoms with Gasteiger partial charge in [0.15, 0.2) is 0 Å². The zero-order chi connectivity index (χ0) is 33.9. The summed E-state index contributed by atoms with van der Waals surface area (Å²) < 4.78 is 10.2. The third-order valence-electron chi connectivity index (χ3n) is 10.9. The predicted octanol–water partition coefficient (Wildman–Crippen LogP) is 14.3. The van der Waals surface area contributed by atoms with Gasteiger partial charge >= 0.3 is 0 Å². The van der Waals surface area contributed by atoms with Crippen molar-refractivity contribution in [3.8, 4) is 22.5 Å². The van der Waals surface area contributed by atoms with E-state index in [9.17, 15) is 0 Å². The number of para-hydroxylation sites is 2. The molecule has 0 aliphatic heterocycles. The summed E-state index contributed by atoms with van der Waals surface area (Å²) in [6, 6.07) is 62.9. The molecule has 0 fully saturated rings. The van der Waals surface area contributed by atoms with Crippen LogP contribution in [0.1, 0.15) is 0 Å². The largest absolute Gasteiger partial charge is 0.309 e. The van der Waals surface area contributed by atoms with Gasteiger partial charge in [-0.1, -0.05) is 109 Å². The zero-order valence-corrected chi connectivity index (χ0v) is 29.5. The van der Waals surface area contributed by atoms with Crippen molar-refractivity contribution in [2.75, 3.05) is 0 Å². The Morgan fingerprint density at radius 2 is 0.865 bits per heavy atom. The van der Waals surface area contributed by atoms with Crippen LogP contribution in [0.2, 0.25) is 0 Å². The summed E-state index contributed by atoms with van der Waals surface area (Å²) in [5.74, 6) is 0. The average Bonchev–Trinajstić information content (AvgIpc) is 3.94. The van der Waals surface area contributed by atoms with Crippen LogP contribution in [-0.2, 0) is 0 Å². The van der Waals surface area contributed by atoms with E-state index in [2.05, 4.69) is 179 Å². The van der Waals surface area contributed by atoms with Crippen LogP contribution in [0.25, 0.3) is 106 Å². The van der Waals surface area contributed by atoms with Gasteiger partial charge < -0.3 is 9.13 Å². The fourth-order valence-electron chi connectivity index (χ4n) is 8.61. The van der Waals surface area contributed by atoms with Crippen LogP contribution in [-0.4, -0.2) is 9.13 Å². The van der Waals surface area contributed by atoms with Crippen LogP contribution < -0.4 is 0 Å². The minimum atomic E-state index is 1.16. The highest BCUT2D eigenvalue weighted by Gasteiger charge is 2.19. The fourth-order valence-corrected chi connectivity index (χ4v) is 11.0. The lowest BCUT2D eigenvalue weighted by molar-refractivity contribution is 1.16. The van der Waals surface area contributed by atoms with Crippen LogP contribution >= 0.6 is 22.7 Å². The maximum atomic E-state index is 2.48. The number of hydrogen-bond donors (Lipinski definition) is 0. The number of rotatable bonds is 3. The number of nitrogens with zero attached hydrogens (tertiary/aromatic N) is 2. The Balaban J connectivity index is 1.12. The molecule has 8 aromatic carbocycles. The van der Waals surface area contributed by atoms with Crippen molar-refractivity contribution in [1.29, 1.82) is 0 Å². The number of aromatic nitrogens is 2. The first kappa shape index (κ1) is 28.5. The molecule has 12 aromatic rings.